The van der Waals surface area contributed by atoms with Gasteiger partial charge in [0.25, 0.3) is 15.9 Å². The summed E-state index contributed by atoms with van der Waals surface area (Å²) in [4.78, 5) is 66.5. The standard InChI is InChI=1S/C50H74N6O14S/c1-50(2,3)70-47(61)16-14-12-10-8-6-4-5-7-9-11-13-15-39-17-19-41(20-18-39)69-42-21-23-43(24-22-42)71(63,64)56-40-35-54-48(55-36-40)49(62)53-26-25-44(57)51-27-29-65-31-33-67-37-45(58)52-28-30-66-32-34-68-38-46(59)60/h17-24,35-36,56H,4-16,25-34,37-38H2,1-3H3,(H,51,57)(H,52,58)(H,53,62)(H,59,60). The van der Waals surface area contributed by atoms with Crippen LogP contribution in [0.4, 0.5) is 5.69 Å². The number of hydrogen-bond donors (Lipinski definition) is 5. The Bertz CT molecular complexity index is 2120. The predicted molar refractivity (Wildman–Crippen MR) is 265 cm³/mol. The van der Waals surface area contributed by atoms with Gasteiger partial charge in [-0.15, -0.1) is 0 Å². The van der Waals surface area contributed by atoms with Crippen LogP contribution < -0.4 is 25.4 Å². The van der Waals surface area contributed by atoms with Gasteiger partial charge >= 0.3 is 11.9 Å². The van der Waals surface area contributed by atoms with Crippen molar-refractivity contribution in [2.75, 3.05) is 77.2 Å². The van der Waals surface area contributed by atoms with E-state index in [9.17, 15) is 32.4 Å². The van der Waals surface area contributed by atoms with Gasteiger partial charge in [0.2, 0.25) is 17.6 Å². The van der Waals surface area contributed by atoms with Gasteiger partial charge in [0, 0.05) is 32.5 Å². The average Bonchev–Trinajstić information content (AvgIpc) is 3.32. The number of benzene rings is 2. The molecule has 0 unspecified atom stereocenters. The minimum absolute atomic E-state index is 0.00337. The van der Waals surface area contributed by atoms with Gasteiger partial charge in [0.05, 0.1) is 62.6 Å². The van der Waals surface area contributed by atoms with Gasteiger partial charge in [-0.2, -0.15) is 0 Å². The molecule has 0 aliphatic carbocycles. The number of anilines is 1. The fourth-order valence-corrected chi connectivity index (χ4v) is 7.67. The molecule has 3 aromatic rings. The van der Waals surface area contributed by atoms with Crippen molar-refractivity contribution in [3.63, 3.8) is 0 Å². The van der Waals surface area contributed by atoms with E-state index in [1.807, 2.05) is 45.0 Å². The lowest BCUT2D eigenvalue weighted by molar-refractivity contribution is -0.155. The van der Waals surface area contributed by atoms with Crippen LogP contribution in [0.2, 0.25) is 0 Å². The van der Waals surface area contributed by atoms with Crippen LogP contribution in [-0.2, 0) is 59.3 Å². The summed E-state index contributed by atoms with van der Waals surface area (Å²) < 4.78 is 60.5. The number of amides is 3. The predicted octanol–water partition coefficient (Wildman–Crippen LogP) is 6.14. The van der Waals surface area contributed by atoms with Gasteiger partial charge in [-0.25, -0.2) is 23.2 Å². The van der Waals surface area contributed by atoms with Crippen molar-refractivity contribution in [3.8, 4) is 11.5 Å². The van der Waals surface area contributed by atoms with Crippen molar-refractivity contribution >= 4 is 45.4 Å². The Hall–Kier alpha value is -5.74. The molecule has 1 aromatic heterocycles. The highest BCUT2D eigenvalue weighted by Crippen LogP contribution is 2.25. The van der Waals surface area contributed by atoms with Crippen molar-refractivity contribution < 1.29 is 65.9 Å². The molecular weight excluding hydrogens is 941 g/mol. The maximum atomic E-state index is 13.1. The number of carboxylic acid groups (broad SMARTS) is 1. The quantitative estimate of drug-likeness (QED) is 0.0317. The summed E-state index contributed by atoms with van der Waals surface area (Å²) in [6.45, 7) is 6.75. The number of aromatic nitrogens is 2. The third-order valence-corrected chi connectivity index (χ3v) is 11.5. The molecule has 3 rings (SSSR count). The number of nitrogens with zero attached hydrogens (tertiary/aromatic N) is 2. The lowest BCUT2D eigenvalue weighted by Crippen LogP contribution is -2.33. The van der Waals surface area contributed by atoms with E-state index in [1.165, 1.54) is 81.5 Å². The maximum Gasteiger partial charge on any atom is 0.329 e. The number of ether oxygens (including phenoxy) is 6. The number of aryl methyl sites for hydroxylation is 1. The van der Waals surface area contributed by atoms with Gasteiger partial charge in [0.15, 0.2) is 0 Å². The third-order valence-electron chi connectivity index (χ3n) is 10.1. The number of aliphatic carboxylic acids is 1. The Morgan fingerprint density at radius 1 is 0.577 bits per heavy atom. The number of unbranched alkanes of at least 4 members (excludes halogenated alkanes) is 10. The van der Waals surface area contributed by atoms with Crippen LogP contribution in [0.5, 0.6) is 11.5 Å². The number of esters is 1. The molecule has 0 atom stereocenters. The number of nitrogens with one attached hydrogen (secondary N) is 4. The van der Waals surface area contributed by atoms with Crippen molar-refractivity contribution in [2.24, 2.45) is 0 Å². The maximum absolute atomic E-state index is 13.1. The molecule has 0 fully saturated rings. The van der Waals surface area contributed by atoms with Gasteiger partial charge < -0.3 is 49.5 Å². The zero-order valence-corrected chi connectivity index (χ0v) is 42.3. The van der Waals surface area contributed by atoms with Crippen molar-refractivity contribution in [1.82, 2.24) is 25.9 Å². The van der Waals surface area contributed by atoms with Crippen molar-refractivity contribution in [3.05, 3.63) is 72.3 Å². The van der Waals surface area contributed by atoms with E-state index in [0.717, 1.165) is 25.7 Å². The van der Waals surface area contributed by atoms with Gasteiger partial charge in [-0.05, 0) is 82.0 Å². The zero-order chi connectivity index (χ0) is 51.6. The first kappa shape index (κ1) is 59.6. The molecule has 0 saturated carbocycles. The molecule has 0 bridgehead atoms. The second kappa shape index (κ2) is 34.6. The first-order valence-corrected chi connectivity index (χ1v) is 25.9. The summed E-state index contributed by atoms with van der Waals surface area (Å²) in [5.74, 6) is -1.56. The molecule has 394 valence electrons. The van der Waals surface area contributed by atoms with Crippen LogP contribution in [0.15, 0.2) is 65.8 Å². The summed E-state index contributed by atoms with van der Waals surface area (Å²) in [6, 6.07) is 13.9. The largest absolute Gasteiger partial charge is 0.480 e. The molecule has 21 heteroatoms. The van der Waals surface area contributed by atoms with Crippen LogP contribution in [0, 0.1) is 0 Å². The highest BCUT2D eigenvalue weighted by atomic mass is 32.2. The van der Waals surface area contributed by atoms with Gasteiger partial charge in [0.1, 0.15) is 30.3 Å². The minimum atomic E-state index is -4.01. The van der Waals surface area contributed by atoms with Crippen LogP contribution in [-0.4, -0.2) is 131 Å². The van der Waals surface area contributed by atoms with E-state index < -0.39 is 34.1 Å². The molecule has 3 amide bonds. The number of carboxylic acids is 1. The van der Waals surface area contributed by atoms with E-state index >= 15 is 0 Å². The van der Waals surface area contributed by atoms with E-state index in [0.29, 0.717) is 17.9 Å². The highest BCUT2D eigenvalue weighted by Gasteiger charge is 2.18. The summed E-state index contributed by atoms with van der Waals surface area (Å²) in [5.41, 5.74) is 0.874. The Morgan fingerprint density at radius 3 is 1.65 bits per heavy atom. The SMILES string of the molecule is CC(C)(C)OC(=O)CCCCCCCCCCCCCc1ccc(Oc2ccc(S(=O)(=O)Nc3cnc(C(=O)NCCC(=O)NCCOCCOCC(=O)NCCOCCOCC(=O)O)nc3)cc2)cc1. The number of sulfonamides is 1. The fourth-order valence-electron chi connectivity index (χ4n) is 6.64. The lowest BCUT2D eigenvalue weighted by atomic mass is 10.0. The van der Waals surface area contributed by atoms with Crippen molar-refractivity contribution in [1.29, 1.82) is 0 Å². The molecule has 0 aliphatic rings. The van der Waals surface area contributed by atoms with E-state index in [1.54, 1.807) is 12.1 Å². The van der Waals surface area contributed by atoms with E-state index in [2.05, 4.69) is 30.6 Å². The average molecular weight is 1020 g/mol. The molecule has 71 heavy (non-hydrogen) atoms. The van der Waals surface area contributed by atoms with Crippen LogP contribution in [0.1, 0.15) is 120 Å². The molecule has 2 aromatic carbocycles. The molecule has 1 heterocycles. The Balaban J connectivity index is 1.19. The monoisotopic (exact) mass is 1010 g/mol. The normalized spacial score (nSPS) is 11.4. The van der Waals surface area contributed by atoms with Gasteiger partial charge in [-0.3, -0.25) is 23.9 Å². The Morgan fingerprint density at radius 2 is 1.08 bits per heavy atom. The molecule has 0 spiro atoms. The van der Waals surface area contributed by atoms with E-state index in [-0.39, 0.29) is 106 Å². The summed E-state index contributed by atoms with van der Waals surface area (Å²) in [6.07, 6.45) is 16.8. The Labute approximate surface area is 418 Å². The molecule has 0 aliphatic heterocycles. The summed E-state index contributed by atoms with van der Waals surface area (Å²) in [7, 11) is -4.01. The zero-order valence-electron chi connectivity index (χ0n) is 41.5. The second-order valence-corrected chi connectivity index (χ2v) is 19.2. The Kier molecular flexibility index (Phi) is 29.0. The fraction of sp³-hybridized carbons (Fsp3) is 0.580. The van der Waals surface area contributed by atoms with Crippen molar-refractivity contribution in [2.45, 2.75) is 121 Å². The lowest BCUT2D eigenvalue weighted by Gasteiger charge is -2.19. The van der Waals surface area contributed by atoms with Crippen LogP contribution >= 0.6 is 0 Å². The molecule has 0 radical (unpaired) electrons. The smallest absolute Gasteiger partial charge is 0.329 e. The molecule has 20 nitrogen and oxygen atoms in total. The van der Waals surface area contributed by atoms with Gasteiger partial charge in [-0.1, -0.05) is 69.9 Å². The number of hydrogen-bond acceptors (Lipinski definition) is 15. The highest BCUT2D eigenvalue weighted by molar-refractivity contribution is 7.92. The summed E-state index contributed by atoms with van der Waals surface area (Å²) in [5, 5.41) is 16.3. The number of rotatable bonds is 39. The molecular formula is C50H74N6O14S. The number of carbonyl (C=O) groups is 5. The van der Waals surface area contributed by atoms with Crippen LogP contribution in [0.3, 0.4) is 0 Å². The minimum Gasteiger partial charge on any atom is -0.480 e. The third kappa shape index (κ3) is 29.3. The first-order valence-electron chi connectivity index (χ1n) is 24.4. The second-order valence-electron chi connectivity index (χ2n) is 17.5. The first-order chi connectivity index (χ1) is 34.1. The molecule has 5 N–H and O–H groups in total. The molecule has 0 saturated heterocycles. The number of carbonyl (C=O) groups excluding carboxylic acids is 4. The summed E-state index contributed by atoms with van der Waals surface area (Å²) >= 11 is 0. The van der Waals surface area contributed by atoms with Crippen LogP contribution in [0.25, 0.3) is 0 Å². The van der Waals surface area contributed by atoms with E-state index in [4.69, 9.17) is 33.5 Å². The topological polar surface area (TPSA) is 269 Å².